The fourth-order valence-corrected chi connectivity index (χ4v) is 2.30. The molecule has 1 aliphatic rings. The predicted molar refractivity (Wildman–Crippen MR) is 67.4 cm³/mol. The largest absolute Gasteiger partial charge is 0.491 e. The van der Waals surface area contributed by atoms with Gasteiger partial charge in [0.25, 0.3) is 0 Å². The van der Waals surface area contributed by atoms with Crippen molar-refractivity contribution in [1.29, 1.82) is 0 Å². The third kappa shape index (κ3) is 3.13. The van der Waals surface area contributed by atoms with E-state index in [2.05, 4.69) is 4.90 Å². The van der Waals surface area contributed by atoms with E-state index < -0.39 is 0 Å². The highest BCUT2D eigenvalue weighted by atomic mass is 35.5. The van der Waals surface area contributed by atoms with Gasteiger partial charge >= 0.3 is 0 Å². The molecule has 1 aromatic carbocycles. The van der Waals surface area contributed by atoms with Crippen molar-refractivity contribution < 1.29 is 4.74 Å². The molecule has 0 saturated carbocycles. The summed E-state index contributed by atoms with van der Waals surface area (Å²) in [7, 11) is 0. The van der Waals surface area contributed by atoms with Crippen LogP contribution in [0.1, 0.15) is 18.4 Å². The minimum Gasteiger partial charge on any atom is -0.491 e. The van der Waals surface area contributed by atoms with Crippen LogP contribution in [-0.4, -0.2) is 31.1 Å². The molecule has 1 fully saturated rings. The van der Waals surface area contributed by atoms with Gasteiger partial charge in [-0.25, -0.2) is 0 Å². The Morgan fingerprint density at radius 3 is 2.75 bits per heavy atom. The minimum atomic E-state index is 0.710. The van der Waals surface area contributed by atoms with Gasteiger partial charge < -0.3 is 4.74 Å². The zero-order chi connectivity index (χ0) is 11.4. The Morgan fingerprint density at radius 1 is 1.31 bits per heavy atom. The molecule has 0 amide bonds. The van der Waals surface area contributed by atoms with E-state index in [-0.39, 0.29) is 0 Å². The highest BCUT2D eigenvalue weighted by molar-refractivity contribution is 6.32. The second kappa shape index (κ2) is 5.55. The number of nitrogens with zero attached hydrogens (tertiary/aromatic N) is 1. The molecule has 0 N–H and O–H groups in total. The molecule has 16 heavy (non-hydrogen) atoms. The Morgan fingerprint density at radius 2 is 2.06 bits per heavy atom. The first-order valence-corrected chi connectivity index (χ1v) is 6.25. The second-order valence-electron chi connectivity index (χ2n) is 4.33. The summed E-state index contributed by atoms with van der Waals surface area (Å²) in [4.78, 5) is 2.43. The van der Waals surface area contributed by atoms with Crippen molar-refractivity contribution >= 4 is 11.6 Å². The van der Waals surface area contributed by atoms with Crippen LogP contribution in [0, 0.1) is 6.92 Å². The molecule has 0 radical (unpaired) electrons. The Labute approximate surface area is 102 Å². The maximum atomic E-state index is 6.09. The molecular formula is C13H18ClNO. The van der Waals surface area contributed by atoms with Gasteiger partial charge in [-0.3, -0.25) is 4.90 Å². The molecule has 0 aromatic heterocycles. The Bertz CT molecular complexity index is 348. The molecule has 2 nitrogen and oxygen atoms in total. The molecule has 0 spiro atoms. The average molecular weight is 240 g/mol. The monoisotopic (exact) mass is 239 g/mol. The van der Waals surface area contributed by atoms with Crippen molar-refractivity contribution in [3.8, 4) is 5.75 Å². The number of rotatable bonds is 4. The van der Waals surface area contributed by atoms with E-state index in [1.165, 1.54) is 25.9 Å². The minimum absolute atomic E-state index is 0.710. The van der Waals surface area contributed by atoms with Crippen molar-refractivity contribution in [2.75, 3.05) is 26.2 Å². The summed E-state index contributed by atoms with van der Waals surface area (Å²) in [6, 6.07) is 5.91. The van der Waals surface area contributed by atoms with Crippen LogP contribution >= 0.6 is 11.6 Å². The molecule has 0 aliphatic carbocycles. The summed E-state index contributed by atoms with van der Waals surface area (Å²) in [5.41, 5.74) is 1.16. The first-order valence-electron chi connectivity index (χ1n) is 5.87. The van der Waals surface area contributed by atoms with E-state index in [1.807, 2.05) is 25.1 Å². The van der Waals surface area contributed by atoms with Crippen molar-refractivity contribution in [3.05, 3.63) is 28.8 Å². The fraction of sp³-hybridized carbons (Fsp3) is 0.538. The summed E-state index contributed by atoms with van der Waals surface area (Å²) in [5, 5.41) is 0.710. The van der Waals surface area contributed by atoms with Crippen molar-refractivity contribution in [2.45, 2.75) is 19.8 Å². The highest BCUT2D eigenvalue weighted by Gasteiger charge is 2.11. The summed E-state index contributed by atoms with van der Waals surface area (Å²) in [6.45, 7) is 6.18. The quantitative estimate of drug-likeness (QED) is 0.801. The lowest BCUT2D eigenvalue weighted by molar-refractivity contribution is 0.238. The molecule has 1 aliphatic heterocycles. The number of likely N-dealkylation sites (tertiary alicyclic amines) is 1. The Hall–Kier alpha value is -0.730. The SMILES string of the molecule is Cc1ccc(OCCN2CCCC2)c(Cl)c1. The normalized spacial score (nSPS) is 16.6. The first-order chi connectivity index (χ1) is 7.75. The van der Waals surface area contributed by atoms with Crippen LogP contribution in [0.2, 0.25) is 5.02 Å². The van der Waals surface area contributed by atoms with Gasteiger partial charge in [0.1, 0.15) is 12.4 Å². The summed E-state index contributed by atoms with van der Waals surface area (Å²) < 4.78 is 5.68. The first kappa shape index (κ1) is 11.7. The van der Waals surface area contributed by atoms with Crippen LogP contribution in [-0.2, 0) is 0 Å². The van der Waals surface area contributed by atoms with Crippen LogP contribution in [0.4, 0.5) is 0 Å². The van der Waals surface area contributed by atoms with E-state index in [1.54, 1.807) is 0 Å². The van der Waals surface area contributed by atoms with Gasteiger partial charge in [0.05, 0.1) is 5.02 Å². The van der Waals surface area contributed by atoms with E-state index in [9.17, 15) is 0 Å². The standard InChI is InChI=1S/C13H18ClNO/c1-11-4-5-13(12(14)10-11)16-9-8-15-6-2-3-7-15/h4-5,10H,2-3,6-9H2,1H3. The van der Waals surface area contributed by atoms with Gasteiger partial charge in [0.15, 0.2) is 0 Å². The van der Waals surface area contributed by atoms with E-state index >= 15 is 0 Å². The van der Waals surface area contributed by atoms with Crippen molar-refractivity contribution in [2.24, 2.45) is 0 Å². The molecule has 2 rings (SSSR count). The van der Waals surface area contributed by atoms with Gasteiger partial charge in [-0.2, -0.15) is 0 Å². The third-order valence-corrected chi connectivity index (χ3v) is 3.25. The predicted octanol–water partition coefficient (Wildman–Crippen LogP) is 3.12. The number of ether oxygens (including phenoxy) is 1. The van der Waals surface area contributed by atoms with Crippen LogP contribution in [0.25, 0.3) is 0 Å². The van der Waals surface area contributed by atoms with Crippen molar-refractivity contribution in [1.82, 2.24) is 4.90 Å². The maximum absolute atomic E-state index is 6.09. The summed E-state index contributed by atoms with van der Waals surface area (Å²) in [5.74, 6) is 0.798. The number of aryl methyl sites for hydroxylation is 1. The lowest BCUT2D eigenvalue weighted by Gasteiger charge is -2.15. The van der Waals surface area contributed by atoms with Crippen LogP contribution in [0.15, 0.2) is 18.2 Å². The second-order valence-corrected chi connectivity index (χ2v) is 4.74. The molecule has 1 heterocycles. The zero-order valence-electron chi connectivity index (χ0n) is 9.71. The number of benzene rings is 1. The molecule has 1 saturated heterocycles. The highest BCUT2D eigenvalue weighted by Crippen LogP contribution is 2.25. The lowest BCUT2D eigenvalue weighted by atomic mass is 10.2. The molecule has 1 aromatic rings. The van der Waals surface area contributed by atoms with E-state index in [0.717, 1.165) is 24.5 Å². The van der Waals surface area contributed by atoms with Gasteiger partial charge in [-0.1, -0.05) is 17.7 Å². The van der Waals surface area contributed by atoms with Crippen LogP contribution < -0.4 is 4.74 Å². The van der Waals surface area contributed by atoms with Gasteiger partial charge in [0, 0.05) is 6.54 Å². The smallest absolute Gasteiger partial charge is 0.137 e. The van der Waals surface area contributed by atoms with E-state index in [4.69, 9.17) is 16.3 Å². The molecule has 0 bridgehead atoms. The fourth-order valence-electron chi connectivity index (χ4n) is 2.01. The molecular weight excluding hydrogens is 222 g/mol. The molecule has 0 unspecified atom stereocenters. The maximum Gasteiger partial charge on any atom is 0.137 e. The molecule has 88 valence electrons. The summed E-state index contributed by atoms with van der Waals surface area (Å²) >= 11 is 6.09. The Kier molecular flexibility index (Phi) is 4.08. The zero-order valence-corrected chi connectivity index (χ0v) is 10.5. The third-order valence-electron chi connectivity index (χ3n) is 2.95. The van der Waals surface area contributed by atoms with Crippen molar-refractivity contribution in [3.63, 3.8) is 0 Å². The molecule has 0 atom stereocenters. The van der Waals surface area contributed by atoms with Gasteiger partial charge in [0.2, 0.25) is 0 Å². The molecule has 3 heteroatoms. The van der Waals surface area contributed by atoms with E-state index in [0.29, 0.717) is 5.02 Å². The number of hydrogen-bond donors (Lipinski definition) is 0. The van der Waals surface area contributed by atoms with Crippen LogP contribution in [0.3, 0.4) is 0 Å². The van der Waals surface area contributed by atoms with Gasteiger partial charge in [-0.05, 0) is 50.6 Å². The summed E-state index contributed by atoms with van der Waals surface area (Å²) in [6.07, 6.45) is 2.65. The topological polar surface area (TPSA) is 12.5 Å². The van der Waals surface area contributed by atoms with Crippen LogP contribution in [0.5, 0.6) is 5.75 Å². The number of hydrogen-bond acceptors (Lipinski definition) is 2. The Balaban J connectivity index is 1.80. The van der Waals surface area contributed by atoms with Gasteiger partial charge in [-0.15, -0.1) is 0 Å². The average Bonchev–Trinajstić information content (AvgIpc) is 2.74. The number of halogens is 1. The lowest BCUT2D eigenvalue weighted by Crippen LogP contribution is -2.25.